The second kappa shape index (κ2) is 5.34. The summed E-state index contributed by atoms with van der Waals surface area (Å²) >= 11 is 0. The molecule has 0 spiro atoms. The molecule has 4 fully saturated rings. The van der Waals surface area contributed by atoms with Crippen molar-refractivity contribution in [1.82, 2.24) is 9.80 Å². The monoisotopic (exact) mass is 331 g/mol. The van der Waals surface area contributed by atoms with Gasteiger partial charge in [-0.2, -0.15) is 5.23 Å². The molecule has 1 unspecified atom stereocenters. The summed E-state index contributed by atoms with van der Waals surface area (Å²) < 4.78 is 0. The summed E-state index contributed by atoms with van der Waals surface area (Å²) in [6, 6.07) is 7.29. The summed E-state index contributed by atoms with van der Waals surface area (Å²) in [5, 5.41) is 20.3. The van der Waals surface area contributed by atoms with E-state index in [4.69, 9.17) is 0 Å². The van der Waals surface area contributed by atoms with Crippen molar-refractivity contribution in [3.8, 4) is 0 Å². The van der Waals surface area contributed by atoms with E-state index in [0.29, 0.717) is 11.5 Å². The van der Waals surface area contributed by atoms with Gasteiger partial charge in [0.15, 0.2) is 5.69 Å². The second-order valence-corrected chi connectivity index (χ2v) is 7.67. The van der Waals surface area contributed by atoms with Gasteiger partial charge in [0.05, 0.1) is 17.0 Å². The van der Waals surface area contributed by atoms with Gasteiger partial charge in [-0.25, -0.2) is 5.21 Å². The molecule has 4 aliphatic rings. The summed E-state index contributed by atoms with van der Waals surface area (Å²) in [6.45, 7) is 7.21. The molecule has 4 aliphatic heterocycles. The van der Waals surface area contributed by atoms with E-state index in [0.717, 1.165) is 44.6 Å². The molecule has 6 heteroatoms. The van der Waals surface area contributed by atoms with Crippen LogP contribution in [0.2, 0.25) is 0 Å². The van der Waals surface area contributed by atoms with Gasteiger partial charge in [0.2, 0.25) is 0 Å². The van der Waals surface area contributed by atoms with E-state index in [1.54, 1.807) is 12.1 Å². The van der Waals surface area contributed by atoms with Crippen LogP contribution in [0.1, 0.15) is 38.4 Å². The van der Waals surface area contributed by atoms with Gasteiger partial charge in [-0.05, 0) is 18.9 Å². The fourth-order valence-electron chi connectivity index (χ4n) is 5.27. The first-order valence-corrected chi connectivity index (χ1v) is 8.81. The number of ketones is 1. The maximum absolute atomic E-state index is 13.2. The van der Waals surface area contributed by atoms with Crippen LogP contribution in [0.5, 0.6) is 0 Å². The largest absolute Gasteiger partial charge is 0.595 e. The average molecular weight is 331 g/mol. The predicted octanol–water partition coefficient (Wildman–Crippen LogP) is 1.10. The van der Waals surface area contributed by atoms with E-state index in [-0.39, 0.29) is 17.0 Å². The van der Waals surface area contributed by atoms with Crippen molar-refractivity contribution in [2.24, 2.45) is 10.8 Å². The summed E-state index contributed by atoms with van der Waals surface area (Å²) in [5.41, 5.74) is 0.675. The average Bonchev–Trinajstić information content (AvgIpc) is 2.58. The number of nitrogens with one attached hydrogen (secondary N) is 1. The third-order valence-corrected chi connectivity index (χ3v) is 6.50. The number of para-hydroxylation sites is 1. The van der Waals surface area contributed by atoms with Crippen LogP contribution in [0, 0.1) is 16.0 Å². The Morgan fingerprint density at radius 1 is 1.12 bits per heavy atom. The van der Waals surface area contributed by atoms with Crippen LogP contribution in [0.25, 0.3) is 0 Å². The molecule has 0 saturated carbocycles. The van der Waals surface area contributed by atoms with Crippen molar-refractivity contribution in [1.29, 1.82) is 0 Å². The second-order valence-electron chi connectivity index (χ2n) is 7.67. The quantitative estimate of drug-likeness (QED) is 0.809. The molecule has 130 valence electrons. The third kappa shape index (κ3) is 1.98. The molecule has 4 saturated heterocycles. The van der Waals surface area contributed by atoms with E-state index in [1.807, 2.05) is 12.1 Å². The number of hydrogen-bond donors (Lipinski definition) is 2. The highest BCUT2D eigenvalue weighted by Crippen LogP contribution is 2.55. The molecule has 5 rings (SSSR count). The van der Waals surface area contributed by atoms with Crippen LogP contribution >= 0.6 is 0 Å². The van der Waals surface area contributed by atoms with Crippen LogP contribution in [0.4, 0.5) is 5.69 Å². The van der Waals surface area contributed by atoms with E-state index < -0.39 is 5.23 Å². The molecular formula is C18H25N3O3. The van der Waals surface area contributed by atoms with E-state index in [2.05, 4.69) is 23.6 Å². The molecule has 0 aromatic heterocycles. The molecule has 1 atom stereocenters. The minimum absolute atomic E-state index is 0.0234. The molecule has 24 heavy (non-hydrogen) atoms. The van der Waals surface area contributed by atoms with Crippen LogP contribution in [-0.4, -0.2) is 47.0 Å². The van der Waals surface area contributed by atoms with Gasteiger partial charge < -0.3 is 5.21 Å². The predicted molar refractivity (Wildman–Crippen MR) is 88.6 cm³/mol. The number of hydrogen-bond acceptors (Lipinski definition) is 5. The standard InChI is InChI=1S/C18H25N3O3/c1-3-17-9-19-11-18(4-2,16(17)22)12-20(10-17)15(19)13-7-5-6-8-14(13)21(23)24/h5-8,15,21,23H,3-4,9-12H2,1-2H3. The van der Waals surface area contributed by atoms with Crippen molar-refractivity contribution in [3.63, 3.8) is 0 Å². The van der Waals surface area contributed by atoms with Gasteiger partial charge in [-0.3, -0.25) is 14.6 Å². The van der Waals surface area contributed by atoms with Crippen molar-refractivity contribution in [3.05, 3.63) is 35.0 Å². The minimum atomic E-state index is -0.881. The number of carbonyl (C=O) groups excluding carboxylic acids is 1. The molecule has 4 bridgehead atoms. The van der Waals surface area contributed by atoms with Gasteiger partial charge in [0.1, 0.15) is 5.78 Å². The highest BCUT2D eigenvalue weighted by Gasteiger charge is 2.64. The maximum Gasteiger partial charge on any atom is 0.169 e. The zero-order chi connectivity index (χ0) is 17.1. The summed E-state index contributed by atoms with van der Waals surface area (Å²) in [4.78, 5) is 17.9. The number of carbonyl (C=O) groups is 1. The molecule has 0 aliphatic carbocycles. The number of piperidine rings is 2. The Hall–Kier alpha value is -1.31. The summed E-state index contributed by atoms with van der Waals surface area (Å²) in [7, 11) is 0. The first kappa shape index (κ1) is 16.2. The number of quaternary nitrogens is 1. The first-order valence-electron chi connectivity index (χ1n) is 8.81. The fourth-order valence-corrected chi connectivity index (χ4v) is 5.27. The Morgan fingerprint density at radius 3 is 2.08 bits per heavy atom. The zero-order valence-electron chi connectivity index (χ0n) is 14.3. The highest BCUT2D eigenvalue weighted by atomic mass is 16.8. The molecule has 4 heterocycles. The van der Waals surface area contributed by atoms with Crippen molar-refractivity contribution < 1.29 is 15.2 Å². The van der Waals surface area contributed by atoms with Crippen molar-refractivity contribution >= 4 is 11.5 Å². The van der Waals surface area contributed by atoms with Crippen molar-refractivity contribution in [2.75, 3.05) is 26.2 Å². The molecule has 1 aromatic rings. The Morgan fingerprint density at radius 2 is 1.62 bits per heavy atom. The van der Waals surface area contributed by atoms with Crippen LogP contribution < -0.4 is 5.23 Å². The Bertz CT molecular complexity index is 633. The first-order chi connectivity index (χ1) is 11.5. The SMILES string of the molecule is CCC12CN3CC(CC)(CN(C1)C3c1ccccc1[NH+]([O-])O)C2=O. The van der Waals surface area contributed by atoms with Gasteiger partial charge >= 0.3 is 0 Å². The van der Waals surface area contributed by atoms with E-state index >= 15 is 0 Å². The number of nitrogens with zero attached hydrogens (tertiary/aromatic N) is 2. The van der Waals surface area contributed by atoms with Gasteiger partial charge in [0.25, 0.3) is 0 Å². The summed E-state index contributed by atoms with van der Waals surface area (Å²) in [6.07, 6.45) is 1.69. The highest BCUT2D eigenvalue weighted by molar-refractivity contribution is 5.93. The molecule has 6 nitrogen and oxygen atoms in total. The smallest absolute Gasteiger partial charge is 0.169 e. The number of Topliss-reactive ketones (excluding diaryl/α,β-unsaturated/α-hetero) is 1. The lowest BCUT2D eigenvalue weighted by atomic mass is 9.58. The molecular weight excluding hydrogens is 306 g/mol. The van der Waals surface area contributed by atoms with Gasteiger partial charge in [0, 0.05) is 37.8 Å². The maximum atomic E-state index is 13.2. The van der Waals surface area contributed by atoms with E-state index in [1.165, 1.54) is 0 Å². The zero-order valence-corrected chi connectivity index (χ0v) is 14.3. The topological polar surface area (TPSA) is 71.3 Å². The Labute approximate surface area is 142 Å². The van der Waals surface area contributed by atoms with Gasteiger partial charge in [-0.15, -0.1) is 0 Å². The Kier molecular flexibility index (Phi) is 3.60. The fraction of sp³-hybridized carbons (Fsp3) is 0.611. The van der Waals surface area contributed by atoms with Crippen LogP contribution in [-0.2, 0) is 4.79 Å². The lowest BCUT2D eigenvalue weighted by Crippen LogP contribution is -2.99. The molecule has 0 amide bonds. The molecule has 1 aromatic carbocycles. The number of rotatable bonds is 4. The van der Waals surface area contributed by atoms with Gasteiger partial charge in [-0.1, -0.05) is 26.0 Å². The summed E-state index contributed by atoms with van der Waals surface area (Å²) in [5.74, 6) is 0.442. The van der Waals surface area contributed by atoms with Crippen LogP contribution in [0.15, 0.2) is 24.3 Å². The lowest BCUT2D eigenvalue weighted by molar-refractivity contribution is -0.991. The Balaban J connectivity index is 1.78. The van der Waals surface area contributed by atoms with Crippen molar-refractivity contribution in [2.45, 2.75) is 32.9 Å². The van der Waals surface area contributed by atoms with E-state index in [9.17, 15) is 15.2 Å². The molecule has 2 N–H and O–H groups in total. The molecule has 0 radical (unpaired) electrons. The third-order valence-electron chi connectivity index (χ3n) is 6.50. The normalized spacial score (nSPS) is 41.7. The lowest BCUT2D eigenvalue weighted by Gasteiger charge is -2.66. The number of benzene rings is 1. The van der Waals surface area contributed by atoms with Crippen LogP contribution in [0.3, 0.4) is 0 Å². The minimum Gasteiger partial charge on any atom is -0.595 e.